The lowest BCUT2D eigenvalue weighted by Gasteiger charge is -2.17. The van der Waals surface area contributed by atoms with E-state index in [1.54, 1.807) is 0 Å². The summed E-state index contributed by atoms with van der Waals surface area (Å²) in [6.07, 6.45) is 1.73. The number of fused-ring (bicyclic) bond motifs is 1. The number of carbonyl (C=O) groups excluding carboxylic acids is 1. The van der Waals surface area contributed by atoms with Crippen LogP contribution in [0.2, 0.25) is 0 Å². The molecule has 1 aliphatic heterocycles. The molecule has 2 rings (SSSR count). The van der Waals surface area contributed by atoms with E-state index in [2.05, 4.69) is 26.1 Å². The van der Waals surface area contributed by atoms with Gasteiger partial charge in [-0.1, -0.05) is 20.8 Å². The summed E-state index contributed by atoms with van der Waals surface area (Å²) in [6.45, 7) is 7.70. The van der Waals surface area contributed by atoms with Gasteiger partial charge in [-0.3, -0.25) is 4.79 Å². The fourth-order valence-corrected chi connectivity index (χ4v) is 2.94. The number of rotatable bonds is 3. The second-order valence-electron chi connectivity index (χ2n) is 5.06. The Hall–Kier alpha value is -0.370. The van der Waals surface area contributed by atoms with Crippen LogP contribution in [0.3, 0.4) is 0 Å². The summed E-state index contributed by atoms with van der Waals surface area (Å²) in [6, 6.07) is 0.181. The molecule has 2 nitrogen and oxygen atoms in total. The third kappa shape index (κ3) is 1.23. The molecule has 1 aliphatic carbocycles. The Balaban J connectivity index is 1.99. The normalized spacial score (nSPS) is 40.1. The molecule has 3 atom stereocenters. The second-order valence-corrected chi connectivity index (χ2v) is 5.06. The van der Waals surface area contributed by atoms with Crippen molar-refractivity contribution < 1.29 is 4.79 Å². The molecule has 1 saturated heterocycles. The molecule has 74 valence electrons. The van der Waals surface area contributed by atoms with Crippen LogP contribution >= 0.6 is 0 Å². The maximum Gasteiger partial charge on any atom is 0.150 e. The number of ketones is 1. The van der Waals surface area contributed by atoms with Crippen molar-refractivity contribution in [3.8, 4) is 0 Å². The summed E-state index contributed by atoms with van der Waals surface area (Å²) >= 11 is 0. The largest absolute Gasteiger partial charge is 0.307 e. The van der Waals surface area contributed by atoms with Crippen molar-refractivity contribution in [1.29, 1.82) is 0 Å². The number of hydrogen-bond donors (Lipinski definition) is 1. The molecule has 0 bridgehead atoms. The minimum absolute atomic E-state index is 0.181. The maximum atomic E-state index is 11.7. The lowest BCUT2D eigenvalue weighted by atomic mass is 9.98. The van der Waals surface area contributed by atoms with Crippen LogP contribution in [0.5, 0.6) is 0 Å². The average Bonchev–Trinajstić information content (AvgIpc) is 2.51. The summed E-state index contributed by atoms with van der Waals surface area (Å²) in [5, 5.41) is 3.35. The Bertz CT molecular complexity index is 234. The van der Waals surface area contributed by atoms with Crippen molar-refractivity contribution in [2.24, 2.45) is 17.3 Å². The first-order valence-electron chi connectivity index (χ1n) is 5.35. The van der Waals surface area contributed by atoms with E-state index in [1.165, 1.54) is 0 Å². The van der Waals surface area contributed by atoms with Gasteiger partial charge in [0, 0.05) is 6.42 Å². The van der Waals surface area contributed by atoms with Gasteiger partial charge in [0.1, 0.15) is 5.78 Å². The number of nitrogens with one attached hydrogen (secondary N) is 1. The van der Waals surface area contributed by atoms with E-state index in [9.17, 15) is 4.79 Å². The van der Waals surface area contributed by atoms with Crippen molar-refractivity contribution >= 4 is 5.78 Å². The molecule has 1 saturated carbocycles. The smallest absolute Gasteiger partial charge is 0.150 e. The maximum absolute atomic E-state index is 11.7. The first-order valence-corrected chi connectivity index (χ1v) is 5.35. The van der Waals surface area contributed by atoms with E-state index in [0.29, 0.717) is 17.1 Å². The van der Waals surface area contributed by atoms with Gasteiger partial charge in [-0.2, -0.15) is 0 Å². The predicted octanol–water partition coefficient (Wildman–Crippen LogP) is 1.60. The lowest BCUT2D eigenvalue weighted by Crippen LogP contribution is -2.37. The van der Waals surface area contributed by atoms with Gasteiger partial charge in [0.25, 0.3) is 0 Å². The van der Waals surface area contributed by atoms with Crippen LogP contribution in [0, 0.1) is 17.3 Å². The van der Waals surface area contributed by atoms with Crippen LogP contribution in [-0.2, 0) is 4.79 Å². The summed E-state index contributed by atoms with van der Waals surface area (Å²) in [5.41, 5.74) is 0.430. The van der Waals surface area contributed by atoms with Gasteiger partial charge in [0.15, 0.2) is 0 Å². The van der Waals surface area contributed by atoms with Gasteiger partial charge in [-0.15, -0.1) is 0 Å². The van der Waals surface area contributed by atoms with Crippen molar-refractivity contribution in [3.05, 3.63) is 0 Å². The van der Waals surface area contributed by atoms with Gasteiger partial charge in [0.2, 0.25) is 0 Å². The van der Waals surface area contributed by atoms with E-state index in [4.69, 9.17) is 0 Å². The van der Waals surface area contributed by atoms with E-state index in [1.807, 2.05) is 0 Å². The van der Waals surface area contributed by atoms with Crippen LogP contribution in [0.4, 0.5) is 0 Å². The number of carbonyl (C=O) groups is 1. The molecule has 0 spiro atoms. The standard InChI is InChI=1S/C11H19NO/c1-4-5-8(13)10-9-7(6-12-10)11(9,2)3/h7,9-10,12H,4-6H2,1-3H3. The third-order valence-corrected chi connectivity index (χ3v) is 3.90. The van der Waals surface area contributed by atoms with Crippen molar-refractivity contribution in [1.82, 2.24) is 5.32 Å². The number of Topliss-reactive ketones (excluding diaryl/α,β-unsaturated/α-hetero) is 1. The first kappa shape index (κ1) is 9.20. The Morgan fingerprint density at radius 3 is 2.69 bits per heavy atom. The molecule has 0 radical (unpaired) electrons. The minimum atomic E-state index is 0.181. The molecule has 0 amide bonds. The van der Waals surface area contributed by atoms with Gasteiger partial charge < -0.3 is 5.32 Å². The van der Waals surface area contributed by atoms with E-state index < -0.39 is 0 Å². The highest BCUT2D eigenvalue weighted by Crippen LogP contribution is 2.62. The fourth-order valence-electron chi connectivity index (χ4n) is 2.94. The summed E-state index contributed by atoms with van der Waals surface area (Å²) in [5.74, 6) is 1.82. The van der Waals surface area contributed by atoms with Gasteiger partial charge >= 0.3 is 0 Å². The Morgan fingerprint density at radius 2 is 2.23 bits per heavy atom. The predicted molar refractivity (Wildman–Crippen MR) is 52.5 cm³/mol. The highest BCUT2D eigenvalue weighted by atomic mass is 16.1. The molecule has 0 aromatic carbocycles. The molecule has 13 heavy (non-hydrogen) atoms. The molecule has 2 aliphatic rings. The summed E-state index contributed by atoms with van der Waals surface area (Å²) < 4.78 is 0. The zero-order valence-corrected chi connectivity index (χ0v) is 8.76. The molecule has 1 heterocycles. The molecule has 3 unspecified atom stereocenters. The Morgan fingerprint density at radius 1 is 1.54 bits per heavy atom. The molecule has 0 aromatic rings. The van der Waals surface area contributed by atoms with Crippen molar-refractivity contribution in [2.75, 3.05) is 6.54 Å². The zero-order chi connectivity index (χ0) is 9.64. The molecular weight excluding hydrogens is 162 g/mol. The first-order chi connectivity index (χ1) is 6.09. The van der Waals surface area contributed by atoms with Crippen LogP contribution in [0.1, 0.15) is 33.6 Å². The highest BCUT2D eigenvalue weighted by molar-refractivity contribution is 5.85. The monoisotopic (exact) mass is 181 g/mol. The third-order valence-electron chi connectivity index (χ3n) is 3.90. The van der Waals surface area contributed by atoms with Crippen molar-refractivity contribution in [2.45, 2.75) is 39.7 Å². The summed E-state index contributed by atoms with van der Waals surface area (Å²) in [7, 11) is 0. The SMILES string of the molecule is CCCC(=O)C1NCC2C1C2(C)C. The number of hydrogen-bond acceptors (Lipinski definition) is 2. The van der Waals surface area contributed by atoms with Crippen LogP contribution in [0.15, 0.2) is 0 Å². The topological polar surface area (TPSA) is 29.1 Å². The Kier molecular flexibility index (Phi) is 1.99. The van der Waals surface area contributed by atoms with E-state index in [0.717, 1.165) is 25.3 Å². The molecule has 0 aromatic heterocycles. The van der Waals surface area contributed by atoms with Crippen LogP contribution < -0.4 is 5.32 Å². The molecule has 2 fully saturated rings. The van der Waals surface area contributed by atoms with E-state index >= 15 is 0 Å². The zero-order valence-electron chi connectivity index (χ0n) is 8.76. The average molecular weight is 181 g/mol. The minimum Gasteiger partial charge on any atom is -0.307 e. The van der Waals surface area contributed by atoms with Crippen molar-refractivity contribution in [3.63, 3.8) is 0 Å². The molecular formula is C11H19NO. The summed E-state index contributed by atoms with van der Waals surface area (Å²) in [4.78, 5) is 11.7. The van der Waals surface area contributed by atoms with Gasteiger partial charge in [0.05, 0.1) is 6.04 Å². The Labute approximate surface area is 80.1 Å². The van der Waals surface area contributed by atoms with Crippen LogP contribution in [-0.4, -0.2) is 18.4 Å². The molecule has 1 N–H and O–H groups in total. The fraction of sp³-hybridized carbons (Fsp3) is 0.909. The second kappa shape index (κ2) is 2.81. The van der Waals surface area contributed by atoms with Gasteiger partial charge in [-0.05, 0) is 30.2 Å². The van der Waals surface area contributed by atoms with Gasteiger partial charge in [-0.25, -0.2) is 0 Å². The number of piperidine rings is 1. The lowest BCUT2D eigenvalue weighted by molar-refractivity contribution is -0.121. The molecule has 2 heteroatoms. The quantitative estimate of drug-likeness (QED) is 0.716. The highest BCUT2D eigenvalue weighted by Gasteiger charge is 2.65. The van der Waals surface area contributed by atoms with Crippen LogP contribution in [0.25, 0.3) is 0 Å². The van der Waals surface area contributed by atoms with E-state index in [-0.39, 0.29) is 6.04 Å².